The Morgan fingerprint density at radius 3 is 2.61 bits per heavy atom. The van der Waals surface area contributed by atoms with E-state index in [0.717, 1.165) is 34.2 Å². The Morgan fingerprint density at radius 1 is 1.26 bits per heavy atom. The molecular formula is C16H21BrN4O2. The number of aromatic nitrogens is 2. The quantitative estimate of drug-likeness (QED) is 0.823. The lowest BCUT2D eigenvalue weighted by Crippen LogP contribution is -2.50. The van der Waals surface area contributed by atoms with Gasteiger partial charge in [0.25, 0.3) is 0 Å². The molecule has 6 nitrogen and oxygen atoms in total. The number of benzene rings is 1. The highest BCUT2D eigenvalue weighted by Gasteiger charge is 2.26. The fourth-order valence-corrected chi connectivity index (χ4v) is 3.14. The average Bonchev–Trinajstić information content (AvgIpc) is 2.96. The first-order valence-electron chi connectivity index (χ1n) is 7.69. The van der Waals surface area contributed by atoms with Crippen molar-refractivity contribution in [2.24, 2.45) is 0 Å². The number of aromatic amines is 1. The van der Waals surface area contributed by atoms with Crippen LogP contribution >= 0.6 is 15.9 Å². The van der Waals surface area contributed by atoms with Crippen molar-refractivity contribution in [1.82, 2.24) is 15.1 Å². The molecular weight excluding hydrogens is 360 g/mol. The van der Waals surface area contributed by atoms with E-state index in [2.05, 4.69) is 37.1 Å². The fraction of sp³-hybridized carbons (Fsp3) is 0.500. The monoisotopic (exact) mass is 380 g/mol. The first kappa shape index (κ1) is 16.1. The molecule has 1 aliphatic rings. The van der Waals surface area contributed by atoms with Crippen molar-refractivity contribution in [2.45, 2.75) is 26.4 Å². The summed E-state index contributed by atoms with van der Waals surface area (Å²) in [5.41, 5.74) is 1.68. The van der Waals surface area contributed by atoms with Crippen molar-refractivity contribution in [3.63, 3.8) is 0 Å². The Labute approximate surface area is 143 Å². The summed E-state index contributed by atoms with van der Waals surface area (Å²) in [5.74, 6) is 0. The van der Waals surface area contributed by atoms with Crippen LogP contribution in [0.3, 0.4) is 0 Å². The molecule has 0 aliphatic carbocycles. The number of fused-ring (bicyclic) bond motifs is 1. The Morgan fingerprint density at radius 2 is 1.96 bits per heavy atom. The maximum atomic E-state index is 12.1. The second-order valence-electron chi connectivity index (χ2n) is 6.68. The van der Waals surface area contributed by atoms with Gasteiger partial charge in [-0.15, -0.1) is 0 Å². The van der Waals surface area contributed by atoms with Gasteiger partial charge in [0.2, 0.25) is 0 Å². The van der Waals surface area contributed by atoms with E-state index in [1.54, 1.807) is 4.90 Å². The van der Waals surface area contributed by atoms with E-state index in [1.165, 1.54) is 0 Å². The standard InChI is InChI=1S/C16H21BrN4O2/c1-16(2,3)23-15(22)21-8-6-20(7-9-21)13-5-4-12(17)11-10-18-19-14(11)13/h4-5,10H,6-9H2,1-3H3,(H,18,19). The number of halogens is 1. The number of carbonyl (C=O) groups is 1. The zero-order valence-corrected chi connectivity index (χ0v) is 15.2. The van der Waals surface area contributed by atoms with Crippen LogP contribution in [0.25, 0.3) is 10.9 Å². The second-order valence-corrected chi connectivity index (χ2v) is 7.53. The number of ether oxygens (including phenoxy) is 1. The molecule has 0 unspecified atom stereocenters. The Balaban J connectivity index is 1.70. The molecule has 23 heavy (non-hydrogen) atoms. The SMILES string of the molecule is CC(C)(C)OC(=O)N1CCN(c2ccc(Br)c3cn[nH]c23)CC1. The third kappa shape index (κ3) is 3.44. The van der Waals surface area contributed by atoms with Crippen LogP contribution in [-0.2, 0) is 4.74 Å². The lowest BCUT2D eigenvalue weighted by Gasteiger charge is -2.36. The molecule has 7 heteroatoms. The summed E-state index contributed by atoms with van der Waals surface area (Å²) in [4.78, 5) is 16.2. The number of amides is 1. The van der Waals surface area contributed by atoms with Gasteiger partial charge in [-0.2, -0.15) is 5.10 Å². The smallest absolute Gasteiger partial charge is 0.410 e. The van der Waals surface area contributed by atoms with Crippen molar-refractivity contribution in [1.29, 1.82) is 0 Å². The van der Waals surface area contributed by atoms with Gasteiger partial charge in [0.05, 0.1) is 17.4 Å². The molecule has 0 radical (unpaired) electrons. The third-order valence-electron chi connectivity index (χ3n) is 3.81. The topological polar surface area (TPSA) is 61.5 Å². The van der Waals surface area contributed by atoms with Crippen molar-refractivity contribution in [3.8, 4) is 0 Å². The molecule has 2 aromatic rings. The number of hydrogen-bond donors (Lipinski definition) is 1. The van der Waals surface area contributed by atoms with Crippen LogP contribution < -0.4 is 4.90 Å². The highest BCUT2D eigenvalue weighted by molar-refractivity contribution is 9.10. The molecule has 1 N–H and O–H groups in total. The lowest BCUT2D eigenvalue weighted by molar-refractivity contribution is 0.0241. The van der Waals surface area contributed by atoms with E-state index >= 15 is 0 Å². The van der Waals surface area contributed by atoms with E-state index in [-0.39, 0.29) is 6.09 Å². The van der Waals surface area contributed by atoms with Gasteiger partial charge in [-0.25, -0.2) is 4.79 Å². The van der Waals surface area contributed by atoms with Crippen molar-refractivity contribution in [2.75, 3.05) is 31.1 Å². The number of nitrogens with one attached hydrogen (secondary N) is 1. The fourth-order valence-electron chi connectivity index (χ4n) is 2.71. The minimum Gasteiger partial charge on any atom is -0.444 e. The van der Waals surface area contributed by atoms with Gasteiger partial charge < -0.3 is 14.5 Å². The Hall–Kier alpha value is -1.76. The van der Waals surface area contributed by atoms with Gasteiger partial charge in [-0.1, -0.05) is 15.9 Å². The zero-order valence-electron chi connectivity index (χ0n) is 13.6. The predicted octanol–water partition coefficient (Wildman–Crippen LogP) is 3.38. The average molecular weight is 381 g/mol. The van der Waals surface area contributed by atoms with Crippen LogP contribution in [0.4, 0.5) is 10.5 Å². The summed E-state index contributed by atoms with van der Waals surface area (Å²) in [7, 11) is 0. The van der Waals surface area contributed by atoms with E-state index in [9.17, 15) is 4.79 Å². The summed E-state index contributed by atoms with van der Waals surface area (Å²) in [5, 5.41) is 8.27. The first-order valence-corrected chi connectivity index (χ1v) is 8.49. The van der Waals surface area contributed by atoms with Gasteiger partial charge >= 0.3 is 6.09 Å². The molecule has 1 fully saturated rings. The molecule has 0 atom stereocenters. The Kier molecular flexibility index (Phi) is 4.23. The maximum Gasteiger partial charge on any atom is 0.410 e. The lowest BCUT2D eigenvalue weighted by atomic mass is 10.2. The summed E-state index contributed by atoms with van der Waals surface area (Å²) in [6.45, 7) is 8.51. The van der Waals surface area contributed by atoms with E-state index in [0.29, 0.717) is 13.1 Å². The number of piperazine rings is 1. The normalized spacial score (nSPS) is 16.0. The molecule has 1 saturated heterocycles. The van der Waals surface area contributed by atoms with Crippen LogP contribution in [0.5, 0.6) is 0 Å². The van der Waals surface area contributed by atoms with Crippen LogP contribution in [0.1, 0.15) is 20.8 Å². The summed E-state index contributed by atoms with van der Waals surface area (Å²) >= 11 is 3.54. The molecule has 0 bridgehead atoms. The number of H-pyrrole nitrogens is 1. The first-order chi connectivity index (χ1) is 10.8. The molecule has 3 rings (SSSR count). The van der Waals surface area contributed by atoms with Gasteiger partial charge in [-0.05, 0) is 32.9 Å². The molecule has 0 spiro atoms. The molecule has 1 aromatic heterocycles. The summed E-state index contributed by atoms with van der Waals surface area (Å²) < 4.78 is 6.46. The number of nitrogens with zero attached hydrogens (tertiary/aromatic N) is 3. The maximum absolute atomic E-state index is 12.1. The van der Waals surface area contributed by atoms with E-state index in [1.807, 2.05) is 33.0 Å². The van der Waals surface area contributed by atoms with Crippen molar-refractivity contribution >= 4 is 38.6 Å². The number of anilines is 1. The minimum absolute atomic E-state index is 0.236. The summed E-state index contributed by atoms with van der Waals surface area (Å²) in [6, 6.07) is 4.11. The van der Waals surface area contributed by atoms with Crippen molar-refractivity contribution in [3.05, 3.63) is 22.8 Å². The van der Waals surface area contributed by atoms with Crippen LogP contribution in [0, 0.1) is 0 Å². The van der Waals surface area contributed by atoms with Gasteiger partial charge in [-0.3, -0.25) is 5.10 Å². The van der Waals surface area contributed by atoms with E-state index < -0.39 is 5.60 Å². The summed E-state index contributed by atoms with van der Waals surface area (Å²) in [6.07, 6.45) is 1.58. The zero-order chi connectivity index (χ0) is 16.6. The van der Waals surface area contributed by atoms with Crippen LogP contribution in [0.2, 0.25) is 0 Å². The predicted molar refractivity (Wildman–Crippen MR) is 93.8 cm³/mol. The number of rotatable bonds is 1. The molecule has 1 aromatic carbocycles. The van der Waals surface area contributed by atoms with Gasteiger partial charge in [0.1, 0.15) is 5.60 Å². The number of hydrogen-bond acceptors (Lipinski definition) is 4. The van der Waals surface area contributed by atoms with Crippen molar-refractivity contribution < 1.29 is 9.53 Å². The minimum atomic E-state index is -0.456. The Bertz CT molecular complexity index is 714. The van der Waals surface area contributed by atoms with Gasteiger partial charge in [0, 0.05) is 36.0 Å². The van der Waals surface area contributed by atoms with Crippen LogP contribution in [0.15, 0.2) is 22.8 Å². The molecule has 1 amide bonds. The number of carbonyl (C=O) groups excluding carboxylic acids is 1. The third-order valence-corrected chi connectivity index (χ3v) is 4.50. The molecule has 124 valence electrons. The highest BCUT2D eigenvalue weighted by Crippen LogP contribution is 2.31. The molecule has 2 heterocycles. The second kappa shape index (κ2) is 6.03. The highest BCUT2D eigenvalue weighted by atomic mass is 79.9. The molecule has 0 saturated carbocycles. The van der Waals surface area contributed by atoms with Crippen LogP contribution in [-0.4, -0.2) is 53.0 Å². The largest absolute Gasteiger partial charge is 0.444 e. The van der Waals surface area contributed by atoms with Gasteiger partial charge in [0.15, 0.2) is 0 Å². The van der Waals surface area contributed by atoms with E-state index in [4.69, 9.17) is 4.74 Å². The molecule has 1 aliphatic heterocycles.